The molecule has 2 aliphatic heterocycles. The van der Waals surface area contributed by atoms with E-state index in [1.807, 2.05) is 53.9 Å². The van der Waals surface area contributed by atoms with Gasteiger partial charge in [-0.05, 0) is 81.4 Å². The van der Waals surface area contributed by atoms with E-state index in [2.05, 4.69) is 15.4 Å². The van der Waals surface area contributed by atoms with Crippen LogP contribution in [0.3, 0.4) is 0 Å². The fourth-order valence-corrected chi connectivity index (χ4v) is 9.53. The lowest BCUT2D eigenvalue weighted by atomic mass is 9.96. The van der Waals surface area contributed by atoms with Crippen LogP contribution in [0.5, 0.6) is 5.88 Å². The summed E-state index contributed by atoms with van der Waals surface area (Å²) >= 11 is 1.48. The molecule has 0 unspecified atom stereocenters. The summed E-state index contributed by atoms with van der Waals surface area (Å²) in [4.78, 5) is 67.6. The van der Waals surface area contributed by atoms with Gasteiger partial charge in [-0.15, -0.1) is 11.3 Å². The Morgan fingerprint density at radius 2 is 1.74 bits per heavy atom. The van der Waals surface area contributed by atoms with Crippen LogP contribution >= 0.6 is 11.3 Å². The van der Waals surface area contributed by atoms with E-state index >= 15 is 0 Å². The molecule has 16 heteroatoms. The Bertz CT molecular complexity index is 2070. The van der Waals surface area contributed by atoms with Crippen molar-refractivity contribution in [2.75, 3.05) is 6.54 Å². The van der Waals surface area contributed by atoms with Gasteiger partial charge in [0.1, 0.15) is 35.5 Å². The van der Waals surface area contributed by atoms with Gasteiger partial charge in [-0.2, -0.15) is 0 Å². The summed E-state index contributed by atoms with van der Waals surface area (Å²) in [6, 6.07) is 9.17. The first kappa shape index (κ1) is 36.4. The molecular formula is C38H44N6O8S2. The van der Waals surface area contributed by atoms with Crippen molar-refractivity contribution in [3.8, 4) is 16.5 Å². The summed E-state index contributed by atoms with van der Waals surface area (Å²) in [7, 11) is -3.89. The molecule has 1 aromatic carbocycles. The number of allylic oxidation sites excluding steroid dienone is 1. The Labute approximate surface area is 317 Å². The highest BCUT2D eigenvalue weighted by atomic mass is 32.2. The Hall–Kier alpha value is -4.57. The second-order valence-corrected chi connectivity index (χ2v) is 17.9. The molecule has 4 fully saturated rings. The molecule has 8 rings (SSSR count). The number of hydrogen-bond acceptors (Lipinski definition) is 11. The number of ether oxygens (including phenoxy) is 2. The number of carbonyl (C=O) groups excluding carboxylic acids is 4. The molecule has 0 bridgehead atoms. The smallest absolute Gasteiger partial charge is 0.408 e. The van der Waals surface area contributed by atoms with E-state index in [0.29, 0.717) is 48.8 Å². The molecule has 3 N–H and O–H groups in total. The first-order valence-electron chi connectivity index (χ1n) is 18.9. The van der Waals surface area contributed by atoms with Gasteiger partial charge >= 0.3 is 6.09 Å². The van der Waals surface area contributed by atoms with E-state index in [4.69, 9.17) is 19.4 Å². The van der Waals surface area contributed by atoms with Gasteiger partial charge in [0.25, 0.3) is 5.91 Å². The van der Waals surface area contributed by atoms with Crippen molar-refractivity contribution in [1.82, 2.24) is 30.2 Å². The van der Waals surface area contributed by atoms with E-state index in [-0.39, 0.29) is 31.4 Å². The van der Waals surface area contributed by atoms with Crippen LogP contribution in [0.25, 0.3) is 21.6 Å². The summed E-state index contributed by atoms with van der Waals surface area (Å²) in [6.45, 7) is -0.0102. The maximum Gasteiger partial charge on any atom is 0.408 e. The second kappa shape index (κ2) is 14.9. The summed E-state index contributed by atoms with van der Waals surface area (Å²) < 4.78 is 40.1. The molecule has 4 amide bonds. The van der Waals surface area contributed by atoms with Crippen LogP contribution < -0.4 is 20.1 Å². The lowest BCUT2D eigenvalue weighted by Crippen LogP contribution is -2.58. The number of alkyl carbamates (subject to hydrolysis) is 1. The largest absolute Gasteiger partial charge is 0.471 e. The number of nitrogens with zero attached hydrogens (tertiary/aromatic N) is 3. The maximum absolute atomic E-state index is 14.5. The van der Waals surface area contributed by atoms with Crippen molar-refractivity contribution < 1.29 is 37.1 Å². The van der Waals surface area contributed by atoms with Crippen LogP contribution in [0.2, 0.25) is 0 Å². The highest BCUT2D eigenvalue weighted by molar-refractivity contribution is 7.91. The number of sulfonamides is 1. The van der Waals surface area contributed by atoms with Gasteiger partial charge in [0.2, 0.25) is 27.7 Å². The number of nitrogens with one attached hydrogen (secondary N) is 3. The standard InChI is InChI=1S/C38H44N6O8S2/c45-33-30-20-25(51-34-32(31-16-9-19-53-31)39-27-13-6-7-14-28(27)40-34)22-44(30)35(46)29(41-37(48)52-24-11-8-12-24)15-5-3-1-2-4-10-23-21-38(23,42-33)36(47)43-54(49,50)26-17-18-26/h4,6-7,9-10,13-14,16,19,23-26,29-30H,1-3,5,8,11-12,15,17-18,20-22H2,(H,41,48)(H,42,45)(H,43,47)/b10-4-/t23-,25-,29+,30+,38-/m1/s1. The molecule has 3 saturated carbocycles. The number of thiophene rings is 1. The summed E-state index contributed by atoms with van der Waals surface area (Å²) in [5.74, 6) is -2.03. The van der Waals surface area contributed by atoms with Crippen molar-refractivity contribution in [3.63, 3.8) is 0 Å². The number of carbonyl (C=O) groups is 4. The van der Waals surface area contributed by atoms with Crippen LogP contribution in [0.15, 0.2) is 53.9 Å². The van der Waals surface area contributed by atoms with Gasteiger partial charge in [-0.3, -0.25) is 19.1 Å². The van der Waals surface area contributed by atoms with E-state index in [1.54, 1.807) is 0 Å². The fraction of sp³-hybridized carbons (Fsp3) is 0.526. The minimum absolute atomic E-state index is 0.0102. The fourth-order valence-electron chi connectivity index (χ4n) is 7.46. The molecule has 286 valence electrons. The number of rotatable bonds is 8. The zero-order chi connectivity index (χ0) is 37.5. The first-order chi connectivity index (χ1) is 26.1. The minimum Gasteiger partial charge on any atom is -0.471 e. The van der Waals surface area contributed by atoms with Crippen molar-refractivity contribution in [3.05, 3.63) is 53.9 Å². The molecule has 3 aromatic rings. The Morgan fingerprint density at radius 3 is 2.46 bits per heavy atom. The zero-order valence-corrected chi connectivity index (χ0v) is 31.4. The van der Waals surface area contributed by atoms with Gasteiger partial charge < -0.3 is 25.0 Å². The highest BCUT2D eigenvalue weighted by Gasteiger charge is 2.62. The van der Waals surface area contributed by atoms with Crippen LogP contribution in [0.1, 0.15) is 77.0 Å². The quantitative estimate of drug-likeness (QED) is 0.278. The van der Waals surface area contributed by atoms with Crippen LogP contribution in [0.4, 0.5) is 4.79 Å². The molecule has 5 aliphatic rings. The van der Waals surface area contributed by atoms with Crippen molar-refractivity contribution in [1.29, 1.82) is 0 Å². The highest BCUT2D eigenvalue weighted by Crippen LogP contribution is 2.46. The SMILES string of the molecule is O=C(N[C@H]1CCCCC/C=C\[C@@H]2C[C@@]2(C(=O)NS(=O)(=O)C2CC2)NC(=O)[C@@H]2C[C@@H](Oc3nc4ccccc4nc3-c3cccs3)CN2C1=O)OC1CCC1. The van der Waals surface area contributed by atoms with Crippen LogP contribution in [-0.4, -0.2) is 88.7 Å². The van der Waals surface area contributed by atoms with Crippen LogP contribution in [-0.2, 0) is 29.1 Å². The maximum atomic E-state index is 14.5. The van der Waals surface area contributed by atoms with E-state index in [9.17, 15) is 27.6 Å². The Balaban J connectivity index is 1.10. The molecule has 5 atom stereocenters. The van der Waals surface area contributed by atoms with Crippen molar-refractivity contribution in [2.45, 2.75) is 112 Å². The lowest BCUT2D eigenvalue weighted by Gasteiger charge is -2.31. The third-order valence-electron chi connectivity index (χ3n) is 11.0. The molecular weight excluding hydrogens is 733 g/mol. The van der Waals surface area contributed by atoms with Gasteiger partial charge in [-0.1, -0.05) is 43.2 Å². The third kappa shape index (κ3) is 7.67. The predicted molar refractivity (Wildman–Crippen MR) is 200 cm³/mol. The topological polar surface area (TPSA) is 186 Å². The molecule has 54 heavy (non-hydrogen) atoms. The number of aromatic nitrogens is 2. The summed E-state index contributed by atoms with van der Waals surface area (Å²) in [5.41, 5.74) is 0.335. The lowest BCUT2D eigenvalue weighted by molar-refractivity contribution is -0.141. The molecule has 0 radical (unpaired) electrons. The molecule has 0 spiro atoms. The first-order valence-corrected chi connectivity index (χ1v) is 21.3. The third-order valence-corrected chi connectivity index (χ3v) is 13.7. The monoisotopic (exact) mass is 776 g/mol. The number of para-hydroxylation sites is 2. The number of hydrogen-bond donors (Lipinski definition) is 3. The van der Waals surface area contributed by atoms with Gasteiger partial charge in [0.05, 0.1) is 27.7 Å². The summed E-state index contributed by atoms with van der Waals surface area (Å²) in [5, 5.41) is 6.99. The second-order valence-electron chi connectivity index (χ2n) is 15.0. The predicted octanol–water partition coefficient (Wildman–Crippen LogP) is 4.36. The van der Waals surface area contributed by atoms with E-state index in [0.717, 1.165) is 37.0 Å². The molecule has 3 aliphatic carbocycles. The summed E-state index contributed by atoms with van der Waals surface area (Å²) in [6.07, 6.45) is 9.28. The average Bonchev–Trinajstić information content (AvgIpc) is 4.00. The average molecular weight is 777 g/mol. The Morgan fingerprint density at radius 1 is 0.944 bits per heavy atom. The zero-order valence-electron chi connectivity index (χ0n) is 29.8. The number of fused-ring (bicyclic) bond motifs is 3. The Kier molecular flexibility index (Phi) is 10.1. The number of benzene rings is 1. The van der Waals surface area contributed by atoms with Gasteiger partial charge in [0.15, 0.2) is 0 Å². The van der Waals surface area contributed by atoms with Gasteiger partial charge in [-0.25, -0.2) is 23.2 Å². The minimum atomic E-state index is -3.89. The van der Waals surface area contributed by atoms with Gasteiger partial charge in [0, 0.05) is 12.3 Å². The molecule has 4 heterocycles. The van der Waals surface area contributed by atoms with Crippen LogP contribution in [0, 0.1) is 5.92 Å². The molecule has 1 saturated heterocycles. The van der Waals surface area contributed by atoms with E-state index < -0.39 is 68.7 Å². The van der Waals surface area contributed by atoms with Crippen molar-refractivity contribution in [2.24, 2.45) is 5.92 Å². The molecule has 2 aromatic heterocycles. The normalized spacial score (nSPS) is 28.3. The molecule has 14 nitrogen and oxygen atoms in total. The van der Waals surface area contributed by atoms with Crippen molar-refractivity contribution >= 4 is 56.2 Å². The van der Waals surface area contributed by atoms with E-state index in [1.165, 1.54) is 16.2 Å². The number of amides is 4.